The van der Waals surface area contributed by atoms with E-state index in [2.05, 4.69) is 35.2 Å². The molecular formula is C17H20N2O2S. The lowest BCUT2D eigenvalue weighted by Gasteiger charge is -2.31. The topological polar surface area (TPSA) is 46.4 Å². The second-order valence-electron chi connectivity index (χ2n) is 5.91. The summed E-state index contributed by atoms with van der Waals surface area (Å²) in [6, 6.07) is 14.2. The van der Waals surface area contributed by atoms with E-state index in [9.17, 15) is 10.1 Å². The standard InChI is InChI=1S/C17H20N2O2S/c20-19(21)17-7-6-16(22-17)13-18-10-8-15(9-11-18)12-14-4-2-1-3-5-14/h1-7,15H,8-13H2. The Morgan fingerprint density at radius 2 is 1.86 bits per heavy atom. The first-order chi connectivity index (χ1) is 10.7. The Morgan fingerprint density at radius 1 is 1.14 bits per heavy atom. The van der Waals surface area contributed by atoms with E-state index >= 15 is 0 Å². The lowest BCUT2D eigenvalue weighted by atomic mass is 9.90. The first-order valence-corrected chi connectivity index (χ1v) is 8.52. The van der Waals surface area contributed by atoms with Crippen molar-refractivity contribution < 1.29 is 4.92 Å². The zero-order valence-corrected chi connectivity index (χ0v) is 13.3. The second-order valence-corrected chi connectivity index (χ2v) is 7.05. The first kappa shape index (κ1) is 15.2. The molecule has 0 amide bonds. The fourth-order valence-electron chi connectivity index (χ4n) is 3.07. The molecule has 3 rings (SSSR count). The SMILES string of the molecule is O=[N+]([O-])c1ccc(CN2CCC(Cc3ccccc3)CC2)s1. The van der Waals surface area contributed by atoms with Crippen molar-refractivity contribution >= 4 is 16.3 Å². The van der Waals surface area contributed by atoms with Gasteiger partial charge in [-0.2, -0.15) is 0 Å². The van der Waals surface area contributed by atoms with E-state index in [1.54, 1.807) is 6.07 Å². The predicted octanol–water partition coefficient (Wildman–Crippen LogP) is 4.11. The third-order valence-corrected chi connectivity index (χ3v) is 5.30. The van der Waals surface area contributed by atoms with E-state index in [0.717, 1.165) is 30.4 Å². The summed E-state index contributed by atoms with van der Waals surface area (Å²) in [4.78, 5) is 13.9. The predicted molar refractivity (Wildman–Crippen MR) is 89.1 cm³/mol. The Hall–Kier alpha value is -1.72. The molecule has 2 aromatic rings. The van der Waals surface area contributed by atoms with Crippen molar-refractivity contribution in [1.82, 2.24) is 4.90 Å². The summed E-state index contributed by atoms with van der Waals surface area (Å²) in [5, 5.41) is 11.0. The van der Waals surface area contributed by atoms with Crippen LogP contribution in [0.3, 0.4) is 0 Å². The van der Waals surface area contributed by atoms with Gasteiger partial charge < -0.3 is 0 Å². The Bertz CT molecular complexity index is 619. The van der Waals surface area contributed by atoms with Gasteiger partial charge in [0.05, 0.1) is 4.92 Å². The molecule has 0 bridgehead atoms. The van der Waals surface area contributed by atoms with Crippen molar-refractivity contribution in [3.05, 3.63) is 63.0 Å². The van der Waals surface area contributed by atoms with E-state index in [-0.39, 0.29) is 9.92 Å². The van der Waals surface area contributed by atoms with Crippen LogP contribution in [0.5, 0.6) is 0 Å². The van der Waals surface area contributed by atoms with Gasteiger partial charge in [-0.25, -0.2) is 0 Å². The summed E-state index contributed by atoms with van der Waals surface area (Å²) in [6.07, 6.45) is 3.59. The normalized spacial score (nSPS) is 16.7. The molecule has 0 saturated carbocycles. The third kappa shape index (κ3) is 3.93. The quantitative estimate of drug-likeness (QED) is 0.616. The van der Waals surface area contributed by atoms with Gasteiger partial charge in [-0.05, 0) is 49.9 Å². The number of piperidine rings is 1. The van der Waals surface area contributed by atoms with Crippen molar-refractivity contribution in [2.45, 2.75) is 25.8 Å². The fourth-order valence-corrected chi connectivity index (χ4v) is 3.93. The van der Waals surface area contributed by atoms with Crippen LogP contribution in [-0.2, 0) is 13.0 Å². The molecule has 2 heterocycles. The van der Waals surface area contributed by atoms with Crippen molar-refractivity contribution in [3.8, 4) is 0 Å². The highest BCUT2D eigenvalue weighted by Crippen LogP contribution is 2.27. The largest absolute Gasteiger partial charge is 0.324 e. The minimum absolute atomic E-state index is 0.244. The van der Waals surface area contributed by atoms with E-state index in [1.165, 1.54) is 36.2 Å². The van der Waals surface area contributed by atoms with Crippen molar-refractivity contribution in [1.29, 1.82) is 0 Å². The van der Waals surface area contributed by atoms with Gasteiger partial charge in [0.25, 0.3) is 0 Å². The highest BCUT2D eigenvalue weighted by molar-refractivity contribution is 7.15. The fraction of sp³-hybridized carbons (Fsp3) is 0.412. The van der Waals surface area contributed by atoms with Crippen molar-refractivity contribution in [2.75, 3.05) is 13.1 Å². The molecular weight excluding hydrogens is 296 g/mol. The number of nitrogens with zero attached hydrogens (tertiary/aromatic N) is 2. The summed E-state index contributed by atoms with van der Waals surface area (Å²) in [5.41, 5.74) is 1.43. The number of rotatable bonds is 5. The monoisotopic (exact) mass is 316 g/mol. The minimum Gasteiger partial charge on any atom is -0.298 e. The summed E-state index contributed by atoms with van der Waals surface area (Å²) in [6.45, 7) is 3.02. The van der Waals surface area contributed by atoms with Crippen LogP contribution >= 0.6 is 11.3 Å². The third-order valence-electron chi connectivity index (χ3n) is 4.28. The number of nitro groups is 1. The molecule has 1 saturated heterocycles. The molecule has 22 heavy (non-hydrogen) atoms. The van der Waals surface area contributed by atoms with Crippen LogP contribution in [0.2, 0.25) is 0 Å². The maximum absolute atomic E-state index is 10.7. The van der Waals surface area contributed by atoms with Crippen molar-refractivity contribution in [2.24, 2.45) is 5.92 Å². The average Bonchev–Trinajstić information content (AvgIpc) is 2.99. The molecule has 116 valence electrons. The second kappa shape index (κ2) is 7.03. The highest BCUT2D eigenvalue weighted by atomic mass is 32.1. The molecule has 0 spiro atoms. The number of hydrogen-bond donors (Lipinski definition) is 0. The molecule has 1 fully saturated rings. The summed E-state index contributed by atoms with van der Waals surface area (Å²) < 4.78 is 0. The molecule has 1 aromatic heterocycles. The minimum atomic E-state index is -0.305. The van der Waals surface area contributed by atoms with Gasteiger partial charge in [0, 0.05) is 17.5 Å². The first-order valence-electron chi connectivity index (χ1n) is 7.70. The van der Waals surface area contributed by atoms with Gasteiger partial charge in [-0.15, -0.1) is 0 Å². The van der Waals surface area contributed by atoms with Gasteiger partial charge in [-0.1, -0.05) is 41.7 Å². The number of likely N-dealkylation sites (tertiary alicyclic amines) is 1. The lowest BCUT2D eigenvalue weighted by molar-refractivity contribution is -0.380. The van der Waals surface area contributed by atoms with E-state index in [4.69, 9.17) is 0 Å². The van der Waals surface area contributed by atoms with E-state index < -0.39 is 0 Å². The summed E-state index contributed by atoms with van der Waals surface area (Å²) in [5.74, 6) is 0.760. The summed E-state index contributed by atoms with van der Waals surface area (Å²) >= 11 is 1.30. The van der Waals surface area contributed by atoms with Crippen LogP contribution in [0.1, 0.15) is 23.3 Å². The molecule has 0 radical (unpaired) electrons. The number of thiophene rings is 1. The van der Waals surface area contributed by atoms with Gasteiger partial charge in [0.2, 0.25) is 0 Å². The Labute approximate surface area is 134 Å². The van der Waals surface area contributed by atoms with Crippen LogP contribution in [0.15, 0.2) is 42.5 Å². The molecule has 0 aliphatic carbocycles. The van der Waals surface area contributed by atoms with Gasteiger partial charge in [0.15, 0.2) is 0 Å². The van der Waals surface area contributed by atoms with Crippen LogP contribution in [0, 0.1) is 16.0 Å². The van der Waals surface area contributed by atoms with E-state index in [1.807, 2.05) is 6.07 Å². The average molecular weight is 316 g/mol. The summed E-state index contributed by atoms with van der Waals surface area (Å²) in [7, 11) is 0. The molecule has 1 aliphatic heterocycles. The van der Waals surface area contributed by atoms with Gasteiger partial charge in [0.1, 0.15) is 0 Å². The van der Waals surface area contributed by atoms with E-state index in [0.29, 0.717) is 0 Å². The molecule has 0 unspecified atom stereocenters. The molecule has 5 heteroatoms. The molecule has 1 aromatic carbocycles. The molecule has 0 N–H and O–H groups in total. The maximum atomic E-state index is 10.7. The van der Waals surface area contributed by atoms with Crippen LogP contribution in [0.25, 0.3) is 0 Å². The Kier molecular flexibility index (Phi) is 4.85. The lowest BCUT2D eigenvalue weighted by Crippen LogP contribution is -2.33. The zero-order chi connectivity index (χ0) is 15.4. The maximum Gasteiger partial charge on any atom is 0.324 e. The van der Waals surface area contributed by atoms with Crippen LogP contribution in [0.4, 0.5) is 5.00 Å². The highest BCUT2D eigenvalue weighted by Gasteiger charge is 2.20. The van der Waals surface area contributed by atoms with Crippen LogP contribution in [-0.4, -0.2) is 22.9 Å². The van der Waals surface area contributed by atoms with Gasteiger partial charge >= 0.3 is 5.00 Å². The number of hydrogen-bond acceptors (Lipinski definition) is 4. The molecule has 1 aliphatic rings. The zero-order valence-electron chi connectivity index (χ0n) is 12.5. The number of benzene rings is 1. The Morgan fingerprint density at radius 3 is 2.50 bits per heavy atom. The smallest absolute Gasteiger partial charge is 0.298 e. The molecule has 4 nitrogen and oxygen atoms in total. The van der Waals surface area contributed by atoms with Crippen LogP contribution < -0.4 is 0 Å². The van der Waals surface area contributed by atoms with Crippen molar-refractivity contribution in [3.63, 3.8) is 0 Å². The Balaban J connectivity index is 1.48. The van der Waals surface area contributed by atoms with Gasteiger partial charge in [-0.3, -0.25) is 15.0 Å². The molecule has 0 atom stereocenters.